The van der Waals surface area contributed by atoms with E-state index in [9.17, 15) is 8.42 Å². The molecule has 2 N–H and O–H groups in total. The lowest BCUT2D eigenvalue weighted by Gasteiger charge is -2.09. The molecule has 7 heteroatoms. The number of anilines is 2. The molecule has 0 amide bonds. The van der Waals surface area contributed by atoms with Crippen molar-refractivity contribution in [3.05, 3.63) is 18.3 Å². The third-order valence-corrected chi connectivity index (χ3v) is 4.01. The van der Waals surface area contributed by atoms with Gasteiger partial charge in [0.15, 0.2) is 0 Å². The van der Waals surface area contributed by atoms with Gasteiger partial charge in [0.2, 0.25) is 10.0 Å². The van der Waals surface area contributed by atoms with E-state index in [-0.39, 0.29) is 5.75 Å². The molecule has 0 saturated carbocycles. The van der Waals surface area contributed by atoms with Crippen LogP contribution in [0.3, 0.4) is 0 Å². The SMILES string of the molecule is CCCCS(=O)(=O)Nc1ccc(NCCCOC)nc1. The summed E-state index contributed by atoms with van der Waals surface area (Å²) in [6.45, 7) is 3.42. The molecule has 0 atom stereocenters. The Labute approximate surface area is 121 Å². The summed E-state index contributed by atoms with van der Waals surface area (Å²) in [6, 6.07) is 3.46. The molecule has 1 aromatic heterocycles. The summed E-state index contributed by atoms with van der Waals surface area (Å²) < 4.78 is 30.9. The van der Waals surface area contributed by atoms with Crippen LogP contribution in [0, 0.1) is 0 Å². The van der Waals surface area contributed by atoms with Gasteiger partial charge in [-0.1, -0.05) is 13.3 Å². The van der Waals surface area contributed by atoms with Gasteiger partial charge in [-0.3, -0.25) is 4.72 Å². The average Bonchev–Trinajstić information content (AvgIpc) is 2.43. The first-order chi connectivity index (χ1) is 9.57. The molecule has 0 aliphatic heterocycles. The van der Waals surface area contributed by atoms with Gasteiger partial charge in [-0.05, 0) is 25.0 Å². The van der Waals surface area contributed by atoms with Crippen LogP contribution in [0.15, 0.2) is 18.3 Å². The lowest BCUT2D eigenvalue weighted by molar-refractivity contribution is 0.198. The van der Waals surface area contributed by atoms with Crippen LogP contribution in [-0.4, -0.2) is 39.4 Å². The van der Waals surface area contributed by atoms with E-state index < -0.39 is 10.0 Å². The zero-order valence-electron chi connectivity index (χ0n) is 12.1. The van der Waals surface area contributed by atoms with Gasteiger partial charge in [0.1, 0.15) is 5.82 Å². The maximum atomic E-state index is 11.7. The minimum atomic E-state index is -3.26. The van der Waals surface area contributed by atoms with Crippen LogP contribution in [0.4, 0.5) is 11.5 Å². The number of hydrogen-bond acceptors (Lipinski definition) is 5. The molecule has 6 nitrogen and oxygen atoms in total. The van der Waals surface area contributed by atoms with E-state index in [1.807, 2.05) is 6.92 Å². The number of ether oxygens (including phenoxy) is 1. The molecule has 1 rings (SSSR count). The van der Waals surface area contributed by atoms with Crippen molar-refractivity contribution in [3.8, 4) is 0 Å². The molecular weight excluding hydrogens is 278 g/mol. The number of rotatable bonds is 10. The number of nitrogens with one attached hydrogen (secondary N) is 2. The maximum Gasteiger partial charge on any atom is 0.232 e. The monoisotopic (exact) mass is 301 g/mol. The molecule has 20 heavy (non-hydrogen) atoms. The van der Waals surface area contributed by atoms with E-state index in [0.29, 0.717) is 18.7 Å². The largest absolute Gasteiger partial charge is 0.385 e. The molecule has 0 aliphatic carbocycles. The Balaban J connectivity index is 2.46. The standard InChI is InChI=1S/C13H23N3O3S/c1-3-4-10-20(17,18)16-12-6-7-13(15-11-12)14-8-5-9-19-2/h6-7,11,16H,3-5,8-10H2,1-2H3,(H,14,15). The Kier molecular flexibility index (Phi) is 7.32. The Morgan fingerprint density at radius 3 is 2.70 bits per heavy atom. The average molecular weight is 301 g/mol. The van der Waals surface area contributed by atoms with Crippen molar-refractivity contribution in [1.82, 2.24) is 4.98 Å². The van der Waals surface area contributed by atoms with Gasteiger partial charge in [0.05, 0.1) is 17.6 Å². The molecule has 0 spiro atoms. The fourth-order valence-electron chi connectivity index (χ4n) is 1.56. The second kappa shape index (κ2) is 8.76. The first kappa shape index (κ1) is 16.7. The number of unbranched alkanes of at least 4 members (excludes halogenated alkanes) is 1. The molecular formula is C13H23N3O3S. The van der Waals surface area contributed by atoms with Crippen molar-refractivity contribution in [1.29, 1.82) is 0 Å². The van der Waals surface area contributed by atoms with Crippen LogP contribution in [0.2, 0.25) is 0 Å². The summed E-state index contributed by atoms with van der Waals surface area (Å²) in [7, 11) is -1.60. The maximum absolute atomic E-state index is 11.7. The van der Waals surface area contributed by atoms with Crippen LogP contribution in [-0.2, 0) is 14.8 Å². The highest BCUT2D eigenvalue weighted by molar-refractivity contribution is 7.92. The topological polar surface area (TPSA) is 80.3 Å². The van der Waals surface area contributed by atoms with Crippen molar-refractivity contribution < 1.29 is 13.2 Å². The number of hydrogen-bond donors (Lipinski definition) is 2. The molecule has 114 valence electrons. The first-order valence-corrected chi connectivity index (χ1v) is 8.42. The van der Waals surface area contributed by atoms with E-state index in [1.54, 1.807) is 19.2 Å². The zero-order valence-corrected chi connectivity index (χ0v) is 12.9. The number of aromatic nitrogens is 1. The van der Waals surface area contributed by atoms with Crippen molar-refractivity contribution in [2.24, 2.45) is 0 Å². The Morgan fingerprint density at radius 1 is 1.30 bits per heavy atom. The molecule has 0 unspecified atom stereocenters. The van der Waals surface area contributed by atoms with Crippen LogP contribution in [0.5, 0.6) is 0 Å². The predicted octanol–water partition coefficient (Wildman–Crippen LogP) is 2.07. The van der Waals surface area contributed by atoms with E-state index >= 15 is 0 Å². The third-order valence-electron chi connectivity index (χ3n) is 2.63. The number of nitrogens with zero attached hydrogens (tertiary/aromatic N) is 1. The molecule has 1 heterocycles. The van der Waals surface area contributed by atoms with Crippen molar-refractivity contribution >= 4 is 21.5 Å². The summed E-state index contributed by atoms with van der Waals surface area (Å²) >= 11 is 0. The van der Waals surface area contributed by atoms with Gasteiger partial charge in [0.25, 0.3) is 0 Å². The number of sulfonamides is 1. The van der Waals surface area contributed by atoms with E-state index in [2.05, 4.69) is 15.0 Å². The molecule has 0 saturated heterocycles. The summed E-state index contributed by atoms with van der Waals surface area (Å²) in [5, 5.41) is 3.14. The quantitative estimate of drug-likeness (QED) is 0.647. The second-order valence-electron chi connectivity index (χ2n) is 4.48. The van der Waals surface area contributed by atoms with E-state index in [1.165, 1.54) is 6.20 Å². The third kappa shape index (κ3) is 6.72. The highest BCUT2D eigenvalue weighted by atomic mass is 32.2. The summed E-state index contributed by atoms with van der Waals surface area (Å²) in [6.07, 6.45) is 3.91. The summed E-state index contributed by atoms with van der Waals surface area (Å²) in [5.41, 5.74) is 0.489. The Bertz CT molecular complexity index is 474. The van der Waals surface area contributed by atoms with Gasteiger partial charge >= 0.3 is 0 Å². The Morgan fingerprint density at radius 2 is 2.10 bits per heavy atom. The van der Waals surface area contributed by atoms with Crippen LogP contribution < -0.4 is 10.0 Å². The van der Waals surface area contributed by atoms with Crippen molar-refractivity contribution in [2.75, 3.05) is 36.1 Å². The Hall–Kier alpha value is -1.34. The smallest absolute Gasteiger partial charge is 0.232 e. The van der Waals surface area contributed by atoms with Crippen LogP contribution in [0.25, 0.3) is 0 Å². The second-order valence-corrected chi connectivity index (χ2v) is 6.32. The highest BCUT2D eigenvalue weighted by Crippen LogP contribution is 2.12. The predicted molar refractivity (Wildman–Crippen MR) is 81.5 cm³/mol. The van der Waals surface area contributed by atoms with Gasteiger partial charge in [0, 0.05) is 20.3 Å². The molecule has 0 bridgehead atoms. The minimum absolute atomic E-state index is 0.139. The first-order valence-electron chi connectivity index (χ1n) is 6.76. The molecule has 0 fully saturated rings. The molecule has 1 aromatic rings. The zero-order chi connectivity index (χ0) is 14.8. The van der Waals surface area contributed by atoms with Gasteiger partial charge in [-0.15, -0.1) is 0 Å². The number of methoxy groups -OCH3 is 1. The van der Waals surface area contributed by atoms with Crippen molar-refractivity contribution in [2.45, 2.75) is 26.2 Å². The minimum Gasteiger partial charge on any atom is -0.385 e. The fraction of sp³-hybridized carbons (Fsp3) is 0.615. The summed E-state index contributed by atoms with van der Waals surface area (Å²) in [5.74, 6) is 0.859. The molecule has 0 aliphatic rings. The normalized spacial score (nSPS) is 11.3. The van der Waals surface area contributed by atoms with E-state index in [0.717, 1.165) is 25.2 Å². The summed E-state index contributed by atoms with van der Waals surface area (Å²) in [4.78, 5) is 4.16. The lowest BCUT2D eigenvalue weighted by Crippen LogP contribution is -2.16. The highest BCUT2D eigenvalue weighted by Gasteiger charge is 2.09. The van der Waals surface area contributed by atoms with Crippen LogP contribution in [0.1, 0.15) is 26.2 Å². The molecule has 0 aromatic carbocycles. The van der Waals surface area contributed by atoms with Crippen molar-refractivity contribution in [3.63, 3.8) is 0 Å². The van der Waals surface area contributed by atoms with Gasteiger partial charge < -0.3 is 10.1 Å². The van der Waals surface area contributed by atoms with E-state index in [4.69, 9.17) is 4.74 Å². The van der Waals surface area contributed by atoms with Crippen LogP contribution >= 0.6 is 0 Å². The van der Waals surface area contributed by atoms with Gasteiger partial charge in [-0.2, -0.15) is 0 Å². The fourth-order valence-corrected chi connectivity index (χ4v) is 2.81. The van der Waals surface area contributed by atoms with Gasteiger partial charge in [-0.25, -0.2) is 13.4 Å². The lowest BCUT2D eigenvalue weighted by atomic mass is 10.4. The number of pyridine rings is 1. The molecule has 0 radical (unpaired) electrons.